The average Bonchev–Trinajstić information content (AvgIpc) is 2.76. The number of piperazine rings is 1. The molecule has 28 heavy (non-hydrogen) atoms. The molecule has 2 aromatic rings. The quantitative estimate of drug-likeness (QED) is 0.818. The van der Waals surface area contributed by atoms with E-state index in [9.17, 15) is 4.79 Å². The Morgan fingerprint density at radius 3 is 2.21 bits per heavy atom. The van der Waals surface area contributed by atoms with Gasteiger partial charge in [0.2, 0.25) is 5.91 Å². The first-order valence-corrected chi connectivity index (χ1v) is 10.3. The van der Waals surface area contributed by atoms with Crippen LogP contribution in [0.2, 0.25) is 0 Å². The number of aryl methyl sites for hydroxylation is 1. The third-order valence-corrected chi connectivity index (χ3v) is 5.88. The van der Waals surface area contributed by atoms with E-state index in [0.717, 1.165) is 56.5 Å². The van der Waals surface area contributed by atoms with Crippen LogP contribution in [0.15, 0.2) is 36.7 Å². The number of rotatable bonds is 4. The largest absolute Gasteiger partial charge is 0.356 e. The number of anilines is 2. The van der Waals surface area contributed by atoms with Crippen molar-refractivity contribution in [3.05, 3.63) is 47.8 Å². The molecule has 1 aromatic heterocycles. The van der Waals surface area contributed by atoms with Gasteiger partial charge >= 0.3 is 0 Å². The minimum Gasteiger partial charge on any atom is -0.356 e. The van der Waals surface area contributed by atoms with Crippen molar-refractivity contribution in [2.24, 2.45) is 0 Å². The molecule has 0 unspecified atom stereocenters. The van der Waals surface area contributed by atoms with Gasteiger partial charge in [-0.05, 0) is 37.3 Å². The Labute approximate surface area is 167 Å². The lowest BCUT2D eigenvalue weighted by molar-refractivity contribution is -0.130. The number of carbonyl (C=O) groups excluding carboxylic acids is 1. The first kappa shape index (κ1) is 18.7. The van der Waals surface area contributed by atoms with Gasteiger partial charge in [-0.25, -0.2) is 9.97 Å². The molecular weight excluding hydrogens is 350 g/mol. The van der Waals surface area contributed by atoms with Crippen LogP contribution in [-0.2, 0) is 11.2 Å². The van der Waals surface area contributed by atoms with E-state index in [4.69, 9.17) is 0 Å². The Bertz CT molecular complexity index is 810. The lowest BCUT2D eigenvalue weighted by Crippen LogP contribution is -2.49. The van der Waals surface area contributed by atoms with Crippen molar-refractivity contribution in [2.45, 2.75) is 32.6 Å². The minimum absolute atomic E-state index is 0.214. The molecule has 0 atom stereocenters. The summed E-state index contributed by atoms with van der Waals surface area (Å²) in [7, 11) is 0. The van der Waals surface area contributed by atoms with Gasteiger partial charge in [0.15, 0.2) is 0 Å². The molecule has 3 heterocycles. The summed E-state index contributed by atoms with van der Waals surface area (Å²) in [5, 5.41) is 0. The van der Waals surface area contributed by atoms with E-state index >= 15 is 0 Å². The number of aromatic nitrogens is 2. The smallest absolute Gasteiger partial charge is 0.227 e. The molecule has 0 N–H and O–H groups in total. The van der Waals surface area contributed by atoms with Crippen molar-refractivity contribution in [1.29, 1.82) is 0 Å². The number of hydrogen-bond acceptors (Lipinski definition) is 5. The van der Waals surface area contributed by atoms with Crippen molar-refractivity contribution in [3.63, 3.8) is 0 Å². The van der Waals surface area contributed by atoms with Gasteiger partial charge in [0.1, 0.15) is 18.0 Å². The van der Waals surface area contributed by atoms with Crippen LogP contribution in [0.1, 0.15) is 30.4 Å². The van der Waals surface area contributed by atoms with Crippen LogP contribution < -0.4 is 9.80 Å². The second kappa shape index (κ2) is 8.59. The third-order valence-electron chi connectivity index (χ3n) is 5.88. The molecule has 2 aliphatic heterocycles. The molecule has 2 aliphatic rings. The van der Waals surface area contributed by atoms with Gasteiger partial charge in [0, 0.05) is 45.3 Å². The second-order valence-corrected chi connectivity index (χ2v) is 7.75. The van der Waals surface area contributed by atoms with Crippen LogP contribution in [0.4, 0.5) is 11.6 Å². The van der Waals surface area contributed by atoms with E-state index in [1.165, 1.54) is 24.8 Å². The van der Waals surface area contributed by atoms with Crippen molar-refractivity contribution in [1.82, 2.24) is 14.9 Å². The number of benzene rings is 1. The predicted molar refractivity (Wildman–Crippen MR) is 112 cm³/mol. The molecule has 0 bridgehead atoms. The van der Waals surface area contributed by atoms with E-state index < -0.39 is 0 Å². The molecule has 4 rings (SSSR count). The van der Waals surface area contributed by atoms with Gasteiger partial charge in [-0.15, -0.1) is 0 Å². The maximum atomic E-state index is 12.7. The Morgan fingerprint density at radius 2 is 1.54 bits per heavy atom. The van der Waals surface area contributed by atoms with Crippen LogP contribution in [0.3, 0.4) is 0 Å². The highest BCUT2D eigenvalue weighted by molar-refractivity contribution is 5.79. The van der Waals surface area contributed by atoms with Crippen LogP contribution >= 0.6 is 0 Å². The zero-order chi connectivity index (χ0) is 19.3. The Morgan fingerprint density at radius 1 is 0.893 bits per heavy atom. The highest BCUT2D eigenvalue weighted by Crippen LogP contribution is 2.22. The molecule has 1 aromatic carbocycles. The molecule has 2 fully saturated rings. The van der Waals surface area contributed by atoms with E-state index in [2.05, 4.69) is 38.8 Å². The standard InChI is InChI=1S/C22H29N5O/c1-18-7-3-4-8-19(18)15-22(28)27-13-11-26(12-14-27)21-16-20(23-17-24-21)25-9-5-2-6-10-25/h3-4,7-8,16-17H,2,5-6,9-15H2,1H3. The van der Waals surface area contributed by atoms with E-state index in [1.807, 2.05) is 23.1 Å². The predicted octanol–water partition coefficient (Wildman–Crippen LogP) is 2.67. The van der Waals surface area contributed by atoms with Crippen molar-refractivity contribution in [2.75, 3.05) is 49.1 Å². The molecule has 6 heteroatoms. The molecule has 2 saturated heterocycles. The molecule has 6 nitrogen and oxygen atoms in total. The summed E-state index contributed by atoms with van der Waals surface area (Å²) in [4.78, 5) is 28.3. The molecule has 0 aliphatic carbocycles. The van der Waals surface area contributed by atoms with Gasteiger partial charge in [-0.2, -0.15) is 0 Å². The fourth-order valence-corrected chi connectivity index (χ4v) is 4.07. The monoisotopic (exact) mass is 379 g/mol. The Kier molecular flexibility index (Phi) is 5.74. The molecule has 148 valence electrons. The normalized spacial score (nSPS) is 17.7. The van der Waals surface area contributed by atoms with E-state index in [-0.39, 0.29) is 5.91 Å². The lowest BCUT2D eigenvalue weighted by Gasteiger charge is -2.36. The zero-order valence-electron chi connectivity index (χ0n) is 16.7. The molecule has 1 amide bonds. The summed E-state index contributed by atoms with van der Waals surface area (Å²) < 4.78 is 0. The van der Waals surface area contributed by atoms with E-state index in [0.29, 0.717) is 6.42 Å². The average molecular weight is 380 g/mol. The SMILES string of the molecule is Cc1ccccc1CC(=O)N1CCN(c2cc(N3CCCCC3)ncn2)CC1. The molecule has 0 spiro atoms. The van der Waals surface area contributed by atoms with Gasteiger partial charge in [-0.3, -0.25) is 4.79 Å². The summed E-state index contributed by atoms with van der Waals surface area (Å²) in [6.45, 7) is 7.35. The Hall–Kier alpha value is -2.63. The van der Waals surface area contributed by atoms with Crippen molar-refractivity contribution >= 4 is 17.5 Å². The number of piperidine rings is 1. The molecule has 0 radical (unpaired) electrons. The van der Waals surface area contributed by atoms with Crippen LogP contribution in [0.5, 0.6) is 0 Å². The number of carbonyl (C=O) groups is 1. The topological polar surface area (TPSA) is 52.6 Å². The van der Waals surface area contributed by atoms with Gasteiger partial charge < -0.3 is 14.7 Å². The maximum absolute atomic E-state index is 12.7. The fraction of sp³-hybridized carbons (Fsp3) is 0.500. The molecular formula is C22H29N5O. The summed E-state index contributed by atoms with van der Waals surface area (Å²) in [6.07, 6.45) is 5.95. The van der Waals surface area contributed by atoms with Gasteiger partial charge in [0.25, 0.3) is 0 Å². The minimum atomic E-state index is 0.214. The first-order valence-electron chi connectivity index (χ1n) is 10.3. The summed E-state index contributed by atoms with van der Waals surface area (Å²) in [6, 6.07) is 10.2. The third kappa shape index (κ3) is 4.26. The highest BCUT2D eigenvalue weighted by atomic mass is 16.2. The second-order valence-electron chi connectivity index (χ2n) is 7.75. The lowest BCUT2D eigenvalue weighted by atomic mass is 10.1. The van der Waals surface area contributed by atoms with Crippen LogP contribution in [0.25, 0.3) is 0 Å². The summed E-state index contributed by atoms with van der Waals surface area (Å²) >= 11 is 0. The van der Waals surface area contributed by atoms with Crippen molar-refractivity contribution in [3.8, 4) is 0 Å². The zero-order valence-corrected chi connectivity index (χ0v) is 16.7. The van der Waals surface area contributed by atoms with Crippen LogP contribution in [-0.4, -0.2) is 60.0 Å². The number of hydrogen-bond donors (Lipinski definition) is 0. The van der Waals surface area contributed by atoms with Gasteiger partial charge in [-0.1, -0.05) is 24.3 Å². The number of nitrogens with zero attached hydrogens (tertiary/aromatic N) is 5. The summed E-state index contributed by atoms with van der Waals surface area (Å²) in [5.41, 5.74) is 2.30. The first-order chi connectivity index (χ1) is 13.7. The fourth-order valence-electron chi connectivity index (χ4n) is 4.07. The number of amides is 1. The van der Waals surface area contributed by atoms with Crippen LogP contribution in [0, 0.1) is 6.92 Å². The van der Waals surface area contributed by atoms with Crippen molar-refractivity contribution < 1.29 is 4.79 Å². The van der Waals surface area contributed by atoms with Gasteiger partial charge in [0.05, 0.1) is 6.42 Å². The highest BCUT2D eigenvalue weighted by Gasteiger charge is 2.23. The maximum Gasteiger partial charge on any atom is 0.227 e. The molecule has 0 saturated carbocycles. The summed E-state index contributed by atoms with van der Waals surface area (Å²) in [5.74, 6) is 2.22. The van der Waals surface area contributed by atoms with E-state index in [1.54, 1.807) is 6.33 Å². The Balaban J connectivity index is 1.35.